The first-order valence-corrected chi connectivity index (χ1v) is 4.91. The van der Waals surface area contributed by atoms with Crippen molar-refractivity contribution in [3.05, 3.63) is 0 Å². The van der Waals surface area contributed by atoms with Crippen molar-refractivity contribution in [2.45, 2.75) is 24.9 Å². The number of aliphatic hydroxyl groups is 1. The van der Waals surface area contributed by atoms with Gasteiger partial charge in [0.2, 0.25) is 0 Å². The van der Waals surface area contributed by atoms with Gasteiger partial charge in [-0.1, -0.05) is 0 Å². The zero-order valence-corrected chi connectivity index (χ0v) is 11.4. The Kier molecular flexibility index (Phi) is 7.20. The lowest BCUT2D eigenvalue weighted by Crippen LogP contribution is -2.42. The van der Waals surface area contributed by atoms with Crippen molar-refractivity contribution in [1.82, 2.24) is 5.32 Å². The van der Waals surface area contributed by atoms with Crippen LogP contribution >= 0.6 is 24.0 Å². The summed E-state index contributed by atoms with van der Waals surface area (Å²) in [4.78, 5) is 4.07. The molecule has 1 saturated carbocycles. The number of hydrogen-bond donors (Lipinski definition) is 3. The lowest BCUT2D eigenvalue weighted by atomic mass is 9.80. The molecule has 0 aliphatic heterocycles. The van der Waals surface area contributed by atoms with Crippen LogP contribution in [0.25, 0.3) is 0 Å². The van der Waals surface area contributed by atoms with E-state index in [1.807, 2.05) is 0 Å². The number of aliphatic imine (C=N–C) groups is 1. The molecular formula is C9H20IN3O2. The molecule has 1 rings (SSSR count). The number of halogens is 1. The molecule has 1 fully saturated rings. The van der Waals surface area contributed by atoms with E-state index in [9.17, 15) is 5.11 Å². The Bertz CT molecular complexity index is 208. The van der Waals surface area contributed by atoms with Crippen molar-refractivity contribution in [3.63, 3.8) is 0 Å². The van der Waals surface area contributed by atoms with Crippen LogP contribution in [0.15, 0.2) is 4.99 Å². The Labute approximate surface area is 107 Å². The van der Waals surface area contributed by atoms with Crippen molar-refractivity contribution in [1.29, 1.82) is 0 Å². The lowest BCUT2D eigenvalue weighted by molar-refractivity contribution is -0.0235. The van der Waals surface area contributed by atoms with E-state index < -0.39 is 5.60 Å². The van der Waals surface area contributed by atoms with Crippen molar-refractivity contribution >= 4 is 29.9 Å². The normalized spacial score (nSPS) is 18.9. The minimum atomic E-state index is -0.590. The van der Waals surface area contributed by atoms with Crippen LogP contribution in [0.3, 0.4) is 0 Å². The van der Waals surface area contributed by atoms with Gasteiger partial charge in [-0.15, -0.1) is 24.0 Å². The molecule has 1 aliphatic rings. The maximum absolute atomic E-state index is 9.72. The molecule has 0 atom stereocenters. The van der Waals surface area contributed by atoms with Gasteiger partial charge in [0.15, 0.2) is 5.96 Å². The molecule has 0 spiro atoms. The van der Waals surface area contributed by atoms with Crippen LogP contribution in [0.4, 0.5) is 0 Å². The van der Waals surface area contributed by atoms with Crippen LogP contribution < -0.4 is 11.1 Å². The summed E-state index contributed by atoms with van der Waals surface area (Å²) in [6, 6.07) is 0. The van der Waals surface area contributed by atoms with Gasteiger partial charge in [0.05, 0.1) is 18.8 Å². The number of hydrogen-bond acceptors (Lipinski definition) is 3. The first-order chi connectivity index (χ1) is 6.66. The summed E-state index contributed by atoms with van der Waals surface area (Å²) in [5.41, 5.74) is 4.98. The second kappa shape index (κ2) is 7.24. The average molecular weight is 329 g/mol. The summed E-state index contributed by atoms with van der Waals surface area (Å²) in [5.74, 6) is 0.377. The van der Waals surface area contributed by atoms with E-state index in [2.05, 4.69) is 10.3 Å². The molecule has 0 aromatic carbocycles. The van der Waals surface area contributed by atoms with Crippen LogP contribution in [0.2, 0.25) is 0 Å². The molecule has 1 aliphatic carbocycles. The van der Waals surface area contributed by atoms with Gasteiger partial charge in [0.1, 0.15) is 0 Å². The first-order valence-electron chi connectivity index (χ1n) is 4.91. The van der Waals surface area contributed by atoms with Crippen molar-refractivity contribution in [3.8, 4) is 0 Å². The summed E-state index contributed by atoms with van der Waals surface area (Å²) in [6.45, 7) is 1.64. The van der Waals surface area contributed by atoms with Crippen LogP contribution in [-0.4, -0.2) is 43.5 Å². The second-order valence-electron chi connectivity index (χ2n) is 3.70. The fourth-order valence-corrected chi connectivity index (χ4v) is 1.31. The van der Waals surface area contributed by atoms with E-state index in [0.717, 1.165) is 19.3 Å². The smallest absolute Gasteiger partial charge is 0.188 e. The van der Waals surface area contributed by atoms with Crippen LogP contribution in [0, 0.1) is 0 Å². The summed E-state index contributed by atoms with van der Waals surface area (Å²) in [7, 11) is 1.63. The number of nitrogens with one attached hydrogen (secondary N) is 1. The fourth-order valence-electron chi connectivity index (χ4n) is 1.31. The monoisotopic (exact) mass is 329 g/mol. The Morgan fingerprint density at radius 1 is 1.60 bits per heavy atom. The standard InChI is InChI=1S/C9H19N3O2.HI/c1-14-6-5-11-8(10)12-7-9(13)3-2-4-9;/h13H,2-7H2,1H3,(H3,10,11,12);1H. The largest absolute Gasteiger partial charge is 0.388 e. The number of nitrogens with two attached hydrogens (primary N) is 1. The Hall–Kier alpha value is -0.0800. The number of methoxy groups -OCH3 is 1. The van der Waals surface area contributed by atoms with Gasteiger partial charge < -0.3 is 20.9 Å². The van der Waals surface area contributed by atoms with Gasteiger partial charge >= 0.3 is 0 Å². The molecule has 0 aromatic rings. The summed E-state index contributed by atoms with van der Waals surface area (Å²) >= 11 is 0. The van der Waals surface area contributed by atoms with Crippen molar-refractivity contribution in [2.75, 3.05) is 26.8 Å². The third-order valence-electron chi connectivity index (χ3n) is 2.44. The molecule has 15 heavy (non-hydrogen) atoms. The number of rotatable bonds is 5. The molecule has 5 nitrogen and oxygen atoms in total. The molecule has 0 saturated heterocycles. The summed E-state index contributed by atoms with van der Waals surface area (Å²) < 4.78 is 4.85. The number of guanidine groups is 1. The fraction of sp³-hybridized carbons (Fsp3) is 0.889. The predicted octanol–water partition coefficient (Wildman–Crippen LogP) is 0.0701. The highest BCUT2D eigenvalue weighted by atomic mass is 127. The molecule has 0 amide bonds. The Morgan fingerprint density at radius 3 is 2.73 bits per heavy atom. The van der Waals surface area contributed by atoms with Crippen LogP contribution in [0.1, 0.15) is 19.3 Å². The lowest BCUT2D eigenvalue weighted by Gasteiger charge is -2.34. The quantitative estimate of drug-likeness (QED) is 0.289. The molecule has 0 radical (unpaired) electrons. The van der Waals surface area contributed by atoms with Gasteiger partial charge in [-0.2, -0.15) is 0 Å². The van der Waals surface area contributed by atoms with E-state index in [-0.39, 0.29) is 24.0 Å². The third-order valence-corrected chi connectivity index (χ3v) is 2.44. The minimum Gasteiger partial charge on any atom is -0.388 e. The maximum Gasteiger partial charge on any atom is 0.188 e. The first kappa shape index (κ1) is 14.9. The van der Waals surface area contributed by atoms with Crippen LogP contribution in [-0.2, 0) is 4.74 Å². The van der Waals surface area contributed by atoms with Gasteiger partial charge in [-0.05, 0) is 19.3 Å². The van der Waals surface area contributed by atoms with Gasteiger partial charge in [0.25, 0.3) is 0 Å². The van der Waals surface area contributed by atoms with Gasteiger partial charge in [0, 0.05) is 13.7 Å². The molecule has 90 valence electrons. The van der Waals surface area contributed by atoms with E-state index >= 15 is 0 Å². The SMILES string of the molecule is COCCNC(N)=NCC1(O)CCC1.I. The van der Waals surface area contributed by atoms with Gasteiger partial charge in [-0.3, -0.25) is 4.99 Å². The average Bonchev–Trinajstić information content (AvgIpc) is 2.12. The molecule has 4 N–H and O–H groups in total. The molecule has 0 aromatic heterocycles. The Morgan fingerprint density at radius 2 is 2.27 bits per heavy atom. The van der Waals surface area contributed by atoms with Gasteiger partial charge in [-0.25, -0.2) is 0 Å². The molecule has 0 heterocycles. The van der Waals surface area contributed by atoms with Crippen molar-refractivity contribution < 1.29 is 9.84 Å². The number of ether oxygens (including phenoxy) is 1. The zero-order chi connectivity index (χ0) is 10.4. The molecule has 0 unspecified atom stereocenters. The second-order valence-corrected chi connectivity index (χ2v) is 3.70. The molecular weight excluding hydrogens is 309 g/mol. The highest BCUT2D eigenvalue weighted by Gasteiger charge is 2.33. The predicted molar refractivity (Wildman–Crippen MR) is 70.6 cm³/mol. The zero-order valence-electron chi connectivity index (χ0n) is 9.03. The Balaban J connectivity index is 0.00000196. The molecule has 0 bridgehead atoms. The van der Waals surface area contributed by atoms with E-state index in [4.69, 9.17) is 10.5 Å². The summed E-state index contributed by atoms with van der Waals surface area (Å²) in [6.07, 6.45) is 2.76. The van der Waals surface area contributed by atoms with Crippen LogP contribution in [0.5, 0.6) is 0 Å². The summed E-state index contributed by atoms with van der Waals surface area (Å²) in [5, 5.41) is 12.6. The topological polar surface area (TPSA) is 79.9 Å². The minimum absolute atomic E-state index is 0. The van der Waals surface area contributed by atoms with Crippen molar-refractivity contribution in [2.24, 2.45) is 10.7 Å². The van der Waals surface area contributed by atoms with E-state index in [1.54, 1.807) is 7.11 Å². The molecule has 6 heteroatoms. The van der Waals surface area contributed by atoms with E-state index in [1.165, 1.54) is 0 Å². The number of nitrogens with zero attached hydrogens (tertiary/aromatic N) is 1. The highest BCUT2D eigenvalue weighted by Crippen LogP contribution is 2.31. The highest BCUT2D eigenvalue weighted by molar-refractivity contribution is 14.0. The third kappa shape index (κ3) is 5.53. The maximum atomic E-state index is 9.72. The van der Waals surface area contributed by atoms with E-state index in [0.29, 0.717) is 25.7 Å².